The summed E-state index contributed by atoms with van der Waals surface area (Å²) in [6.45, 7) is 21.9. The molecule has 0 heterocycles. The molecule has 1 N–H and O–H groups in total. The van der Waals surface area contributed by atoms with E-state index in [-0.39, 0.29) is 16.9 Å². The number of hydrogen-bond donors (Lipinski definition) is 1. The summed E-state index contributed by atoms with van der Waals surface area (Å²) in [7, 11) is 0. The number of aliphatic hydroxyl groups excluding tert-OH is 1. The van der Waals surface area contributed by atoms with Gasteiger partial charge in [-0.1, -0.05) is 72.3 Å². The number of rotatable bonds is 2. The van der Waals surface area contributed by atoms with Gasteiger partial charge in [0.25, 0.3) is 0 Å². The van der Waals surface area contributed by atoms with E-state index in [2.05, 4.69) is 61.1 Å². The van der Waals surface area contributed by atoms with Crippen LogP contribution in [0.15, 0.2) is 23.8 Å². The Labute approximate surface area is 193 Å². The quantitative estimate of drug-likeness (QED) is 0.441. The Hall–Kier alpha value is -0.560. The maximum atomic E-state index is 10.8. The third-order valence-corrected chi connectivity index (χ3v) is 11.6. The third kappa shape index (κ3) is 3.70. The Morgan fingerprint density at radius 3 is 2.35 bits per heavy atom. The van der Waals surface area contributed by atoms with Crippen LogP contribution >= 0.6 is 0 Å². The van der Waals surface area contributed by atoms with E-state index in [9.17, 15) is 5.11 Å². The van der Waals surface area contributed by atoms with Crippen molar-refractivity contribution in [2.75, 3.05) is 0 Å². The molecular formula is C30H50O. The molecule has 0 aromatic heterocycles. The highest BCUT2D eigenvalue weighted by Crippen LogP contribution is 2.62. The molecule has 0 aliphatic heterocycles. The van der Waals surface area contributed by atoms with Crippen molar-refractivity contribution in [2.24, 2.45) is 51.8 Å². The zero-order valence-corrected chi connectivity index (χ0v) is 21.6. The Kier molecular flexibility index (Phi) is 6.11. The molecule has 0 spiro atoms. The van der Waals surface area contributed by atoms with Gasteiger partial charge in [0.15, 0.2) is 0 Å². The van der Waals surface area contributed by atoms with Crippen molar-refractivity contribution in [3.63, 3.8) is 0 Å². The zero-order valence-electron chi connectivity index (χ0n) is 21.6. The molecule has 4 aliphatic carbocycles. The summed E-state index contributed by atoms with van der Waals surface area (Å²) < 4.78 is 0. The highest BCUT2D eigenvalue weighted by atomic mass is 16.3. The summed E-state index contributed by atoms with van der Waals surface area (Å²) in [5.41, 5.74) is 4.09. The molecule has 0 saturated heterocycles. The largest absolute Gasteiger partial charge is 0.393 e. The minimum atomic E-state index is -0.153. The Morgan fingerprint density at radius 1 is 0.968 bits per heavy atom. The Bertz CT molecular complexity index is 727. The van der Waals surface area contributed by atoms with Crippen molar-refractivity contribution in [1.82, 2.24) is 0 Å². The summed E-state index contributed by atoms with van der Waals surface area (Å²) in [4.78, 5) is 0. The second kappa shape index (κ2) is 8.03. The van der Waals surface area contributed by atoms with E-state index in [1.54, 1.807) is 5.57 Å². The zero-order chi connectivity index (χ0) is 22.8. The van der Waals surface area contributed by atoms with Crippen LogP contribution in [0.25, 0.3) is 0 Å². The van der Waals surface area contributed by atoms with Gasteiger partial charge in [-0.15, -0.1) is 0 Å². The van der Waals surface area contributed by atoms with Crippen LogP contribution in [0.5, 0.6) is 0 Å². The van der Waals surface area contributed by atoms with E-state index in [0.29, 0.717) is 17.3 Å². The monoisotopic (exact) mass is 426 g/mol. The van der Waals surface area contributed by atoms with Crippen LogP contribution < -0.4 is 0 Å². The highest BCUT2D eigenvalue weighted by molar-refractivity contribution is 5.24. The SMILES string of the molecule is C=C1CCC2C(C)(C)C(O)CCC2(C)C1CC=C1C(C)CCC2(C)CCC(C)C(C)C12. The van der Waals surface area contributed by atoms with Gasteiger partial charge in [0.2, 0.25) is 0 Å². The maximum absolute atomic E-state index is 10.8. The van der Waals surface area contributed by atoms with E-state index in [4.69, 9.17) is 0 Å². The van der Waals surface area contributed by atoms with Gasteiger partial charge in [0, 0.05) is 0 Å². The average molecular weight is 427 g/mol. The molecule has 0 bridgehead atoms. The average Bonchev–Trinajstić information content (AvgIpc) is 2.70. The van der Waals surface area contributed by atoms with Crippen molar-refractivity contribution in [3.05, 3.63) is 23.8 Å². The second-order valence-electron chi connectivity index (χ2n) is 13.6. The van der Waals surface area contributed by atoms with E-state index in [1.807, 2.05) is 0 Å². The van der Waals surface area contributed by atoms with E-state index in [0.717, 1.165) is 42.9 Å². The molecule has 4 fully saturated rings. The number of allylic oxidation sites excluding steroid dienone is 3. The van der Waals surface area contributed by atoms with Crippen LogP contribution in [-0.2, 0) is 0 Å². The molecule has 1 heteroatoms. The van der Waals surface area contributed by atoms with Crippen molar-refractivity contribution >= 4 is 0 Å². The summed E-state index contributed by atoms with van der Waals surface area (Å²) in [6, 6.07) is 0. The first-order chi connectivity index (χ1) is 14.4. The van der Waals surface area contributed by atoms with Crippen molar-refractivity contribution in [1.29, 1.82) is 0 Å². The van der Waals surface area contributed by atoms with Gasteiger partial charge in [-0.25, -0.2) is 0 Å². The van der Waals surface area contributed by atoms with Crippen LogP contribution in [-0.4, -0.2) is 11.2 Å². The second-order valence-corrected chi connectivity index (χ2v) is 13.6. The molecule has 0 radical (unpaired) electrons. The summed E-state index contributed by atoms with van der Waals surface area (Å²) in [5.74, 6) is 4.32. The lowest BCUT2D eigenvalue weighted by molar-refractivity contribution is -0.123. The van der Waals surface area contributed by atoms with Gasteiger partial charge in [0.05, 0.1) is 6.10 Å². The fourth-order valence-corrected chi connectivity index (χ4v) is 9.13. The first-order valence-corrected chi connectivity index (χ1v) is 13.5. The molecule has 176 valence electrons. The summed E-state index contributed by atoms with van der Waals surface area (Å²) in [5, 5.41) is 10.8. The number of hydrogen-bond acceptors (Lipinski definition) is 1. The Morgan fingerprint density at radius 2 is 1.65 bits per heavy atom. The molecule has 31 heavy (non-hydrogen) atoms. The molecule has 4 rings (SSSR count). The van der Waals surface area contributed by atoms with Crippen LogP contribution in [0, 0.1) is 51.8 Å². The van der Waals surface area contributed by atoms with Crippen molar-refractivity contribution < 1.29 is 5.11 Å². The van der Waals surface area contributed by atoms with Crippen molar-refractivity contribution in [2.45, 2.75) is 112 Å². The fraction of sp³-hybridized carbons (Fsp3) is 0.867. The Balaban J connectivity index is 1.64. The molecule has 9 atom stereocenters. The van der Waals surface area contributed by atoms with Gasteiger partial charge in [-0.2, -0.15) is 0 Å². The molecule has 9 unspecified atom stereocenters. The van der Waals surface area contributed by atoms with Crippen molar-refractivity contribution in [3.8, 4) is 0 Å². The normalized spacial score (nSPS) is 51.3. The van der Waals surface area contributed by atoms with Crippen LogP contribution in [0.2, 0.25) is 0 Å². The highest BCUT2D eigenvalue weighted by Gasteiger charge is 2.56. The fourth-order valence-electron chi connectivity index (χ4n) is 9.13. The number of fused-ring (bicyclic) bond motifs is 2. The van der Waals surface area contributed by atoms with Gasteiger partial charge in [0.1, 0.15) is 0 Å². The van der Waals surface area contributed by atoms with Gasteiger partial charge in [-0.3, -0.25) is 0 Å². The van der Waals surface area contributed by atoms with Gasteiger partial charge >= 0.3 is 0 Å². The van der Waals surface area contributed by atoms with E-state index < -0.39 is 0 Å². The topological polar surface area (TPSA) is 20.2 Å². The van der Waals surface area contributed by atoms with Crippen LogP contribution in [0.3, 0.4) is 0 Å². The number of aliphatic hydroxyl groups is 1. The lowest BCUT2D eigenvalue weighted by atomic mass is 9.46. The first-order valence-electron chi connectivity index (χ1n) is 13.5. The third-order valence-electron chi connectivity index (χ3n) is 11.6. The molecule has 4 aliphatic rings. The first kappa shape index (κ1) is 23.6. The molecule has 1 nitrogen and oxygen atoms in total. The molecular weight excluding hydrogens is 376 g/mol. The van der Waals surface area contributed by atoms with Gasteiger partial charge < -0.3 is 5.11 Å². The molecule has 0 amide bonds. The lowest BCUT2D eigenvalue weighted by Crippen LogP contribution is -2.54. The van der Waals surface area contributed by atoms with Crippen LogP contribution in [0.1, 0.15) is 106 Å². The lowest BCUT2D eigenvalue weighted by Gasteiger charge is -2.59. The van der Waals surface area contributed by atoms with Crippen LogP contribution in [0.4, 0.5) is 0 Å². The van der Waals surface area contributed by atoms with Gasteiger partial charge in [-0.05, 0) is 110 Å². The standard InChI is InChI=1S/C30H50O/c1-19-13-16-29(7)17-14-20(2)23(27(29)22(19)4)10-11-24-21(3)9-12-25-28(5,6)26(31)15-18-30(24,25)8/h10,19-20,22,24-27,31H,3,9,11-18H2,1-2,4-8H3. The molecule has 0 aromatic carbocycles. The van der Waals surface area contributed by atoms with E-state index in [1.165, 1.54) is 44.1 Å². The predicted molar refractivity (Wildman–Crippen MR) is 133 cm³/mol. The maximum Gasteiger partial charge on any atom is 0.0594 e. The minimum Gasteiger partial charge on any atom is -0.393 e. The summed E-state index contributed by atoms with van der Waals surface area (Å²) in [6.07, 6.45) is 13.8. The molecule has 0 aromatic rings. The minimum absolute atomic E-state index is 0.0170. The predicted octanol–water partition coefficient (Wildman–Crippen LogP) is 8.19. The molecule has 4 saturated carbocycles. The smallest absolute Gasteiger partial charge is 0.0594 e. The summed E-state index contributed by atoms with van der Waals surface area (Å²) >= 11 is 0. The van der Waals surface area contributed by atoms with E-state index >= 15 is 0 Å².